The average Bonchev–Trinajstić information content (AvgIpc) is 3.15. The molecule has 2 aliphatic carbocycles. The molecular weight excluding hydrogens is 672 g/mol. The molecule has 6 rings (SSSR count). The van der Waals surface area contributed by atoms with Crippen LogP contribution in [0.1, 0.15) is 106 Å². The summed E-state index contributed by atoms with van der Waals surface area (Å²) >= 11 is 0. The summed E-state index contributed by atoms with van der Waals surface area (Å²) in [5, 5.41) is 13.0. The molecule has 4 amide bonds. The predicted octanol–water partition coefficient (Wildman–Crippen LogP) is 7.32. The SMILES string of the molecule is O=C(NC1CCCC(c2ccc(F)c(CN(CC3CCNCC3)C(=O)NC3CCCCC3)c2F)C1)N(Cc1cc(F)ccc1F)CC1CCNCC1. The molecule has 4 N–H and O–H groups in total. The number of piperidine rings is 2. The Hall–Kier alpha value is -3.38. The molecule has 2 aromatic rings. The topological polar surface area (TPSA) is 88.7 Å². The molecule has 0 spiro atoms. The highest BCUT2D eigenvalue weighted by atomic mass is 19.1. The van der Waals surface area contributed by atoms with E-state index in [2.05, 4.69) is 21.3 Å². The molecular formula is C40H56F4N6O2. The minimum atomic E-state index is -0.666. The van der Waals surface area contributed by atoms with Gasteiger partial charge in [0, 0.05) is 36.3 Å². The van der Waals surface area contributed by atoms with Crippen molar-refractivity contribution in [1.29, 1.82) is 0 Å². The van der Waals surface area contributed by atoms with Gasteiger partial charge in [-0.05, 0) is 132 Å². The summed E-state index contributed by atoms with van der Waals surface area (Å²) in [5.74, 6) is -2.19. The lowest BCUT2D eigenvalue weighted by Gasteiger charge is -2.35. The van der Waals surface area contributed by atoms with Crippen molar-refractivity contribution in [1.82, 2.24) is 31.1 Å². The van der Waals surface area contributed by atoms with Crippen molar-refractivity contribution in [2.45, 2.75) is 115 Å². The van der Waals surface area contributed by atoms with E-state index in [4.69, 9.17) is 0 Å². The first-order valence-corrected chi connectivity index (χ1v) is 19.7. The van der Waals surface area contributed by atoms with Gasteiger partial charge in [-0.2, -0.15) is 0 Å². The number of urea groups is 2. The van der Waals surface area contributed by atoms with Crippen LogP contribution >= 0.6 is 0 Å². The van der Waals surface area contributed by atoms with Gasteiger partial charge in [0.25, 0.3) is 0 Å². The monoisotopic (exact) mass is 728 g/mol. The molecule has 8 nitrogen and oxygen atoms in total. The Kier molecular flexibility index (Phi) is 13.7. The molecule has 2 saturated carbocycles. The summed E-state index contributed by atoms with van der Waals surface area (Å²) in [6, 6.07) is 5.30. The zero-order valence-electron chi connectivity index (χ0n) is 30.3. The molecule has 52 heavy (non-hydrogen) atoms. The largest absolute Gasteiger partial charge is 0.335 e. The van der Waals surface area contributed by atoms with Crippen LogP contribution in [-0.4, -0.2) is 73.2 Å². The Morgan fingerprint density at radius 1 is 0.654 bits per heavy atom. The Bertz CT molecular complexity index is 1490. The molecule has 4 fully saturated rings. The number of benzene rings is 2. The molecule has 2 aromatic carbocycles. The summed E-state index contributed by atoms with van der Waals surface area (Å²) in [7, 11) is 0. The highest BCUT2D eigenvalue weighted by molar-refractivity contribution is 5.75. The molecule has 12 heteroatoms. The van der Waals surface area contributed by atoms with E-state index in [1.807, 2.05) is 0 Å². The molecule has 2 atom stereocenters. The number of hydrogen-bond acceptors (Lipinski definition) is 4. The summed E-state index contributed by atoms with van der Waals surface area (Å²) in [4.78, 5) is 30.6. The van der Waals surface area contributed by atoms with E-state index in [0.29, 0.717) is 37.9 Å². The molecule has 2 unspecified atom stereocenters. The summed E-state index contributed by atoms with van der Waals surface area (Å²) in [6.07, 6.45) is 11.3. The Morgan fingerprint density at radius 2 is 1.23 bits per heavy atom. The van der Waals surface area contributed by atoms with Gasteiger partial charge in [0.1, 0.15) is 23.3 Å². The lowest BCUT2D eigenvalue weighted by Crippen LogP contribution is -2.48. The fourth-order valence-corrected chi connectivity index (χ4v) is 8.71. The molecule has 0 bridgehead atoms. The van der Waals surface area contributed by atoms with Crippen LogP contribution in [0.5, 0.6) is 0 Å². The normalized spacial score (nSPS) is 22.2. The molecule has 0 aromatic heterocycles. The fourth-order valence-electron chi connectivity index (χ4n) is 8.71. The minimum Gasteiger partial charge on any atom is -0.335 e. The van der Waals surface area contributed by atoms with Crippen molar-refractivity contribution in [3.05, 3.63) is 70.3 Å². The average molecular weight is 729 g/mol. The van der Waals surface area contributed by atoms with Crippen molar-refractivity contribution in [3.63, 3.8) is 0 Å². The molecule has 2 aliphatic heterocycles. The predicted molar refractivity (Wildman–Crippen MR) is 194 cm³/mol. The van der Waals surface area contributed by atoms with E-state index < -0.39 is 23.3 Å². The van der Waals surface area contributed by atoms with Crippen LogP contribution in [0.2, 0.25) is 0 Å². The van der Waals surface area contributed by atoms with Gasteiger partial charge in [0.2, 0.25) is 0 Å². The second kappa shape index (κ2) is 18.6. The third kappa shape index (κ3) is 10.4. The standard InChI is InChI=1S/C40H56F4N6O2/c41-31-9-11-36(42)30(21-31)25-49(23-27-13-17-45-18-14-27)40(52)48-33-8-4-5-29(22-33)34-10-12-37(43)35(38(34)44)26-50(24-28-15-19-46-20-16-28)39(51)47-32-6-2-1-3-7-32/h9-12,21,27-29,32-33,45-46H,1-8,13-20,22-26H2,(H,47,51)(H,48,52). The lowest BCUT2D eigenvalue weighted by molar-refractivity contribution is 0.168. The number of nitrogens with one attached hydrogen (secondary N) is 4. The van der Waals surface area contributed by atoms with Crippen LogP contribution in [0.4, 0.5) is 27.2 Å². The van der Waals surface area contributed by atoms with Crippen LogP contribution < -0.4 is 21.3 Å². The summed E-state index contributed by atoms with van der Waals surface area (Å²) in [6.45, 7) is 4.04. The van der Waals surface area contributed by atoms with E-state index in [1.165, 1.54) is 12.1 Å². The van der Waals surface area contributed by atoms with Crippen LogP contribution in [0, 0.1) is 35.1 Å². The number of carbonyl (C=O) groups excluding carboxylic acids is 2. The van der Waals surface area contributed by atoms with Crippen molar-refractivity contribution >= 4 is 12.1 Å². The van der Waals surface area contributed by atoms with Crippen molar-refractivity contribution in [2.24, 2.45) is 11.8 Å². The van der Waals surface area contributed by atoms with Gasteiger partial charge in [-0.15, -0.1) is 0 Å². The number of amides is 4. The van der Waals surface area contributed by atoms with Gasteiger partial charge in [0.15, 0.2) is 0 Å². The molecule has 4 aliphatic rings. The van der Waals surface area contributed by atoms with E-state index in [-0.39, 0.29) is 66.1 Å². The minimum absolute atomic E-state index is 0.0619. The third-order valence-corrected chi connectivity index (χ3v) is 11.8. The van der Waals surface area contributed by atoms with Gasteiger partial charge in [0.05, 0.1) is 13.1 Å². The van der Waals surface area contributed by atoms with Crippen LogP contribution in [0.25, 0.3) is 0 Å². The van der Waals surface area contributed by atoms with E-state index in [1.54, 1.807) is 9.80 Å². The maximum atomic E-state index is 16.5. The highest BCUT2D eigenvalue weighted by Crippen LogP contribution is 2.36. The Morgan fingerprint density at radius 3 is 1.88 bits per heavy atom. The van der Waals surface area contributed by atoms with Crippen molar-refractivity contribution in [3.8, 4) is 0 Å². The molecule has 286 valence electrons. The second-order valence-corrected chi connectivity index (χ2v) is 15.6. The Balaban J connectivity index is 1.15. The van der Waals surface area contributed by atoms with Gasteiger partial charge >= 0.3 is 12.1 Å². The van der Waals surface area contributed by atoms with Gasteiger partial charge < -0.3 is 31.1 Å². The smallest absolute Gasteiger partial charge is 0.317 e. The molecule has 2 heterocycles. The van der Waals surface area contributed by atoms with E-state index in [9.17, 15) is 18.4 Å². The number of halogens is 4. The molecule has 2 saturated heterocycles. The lowest BCUT2D eigenvalue weighted by atomic mass is 9.80. The maximum Gasteiger partial charge on any atom is 0.317 e. The van der Waals surface area contributed by atoms with Crippen molar-refractivity contribution in [2.75, 3.05) is 39.3 Å². The Labute approximate surface area is 305 Å². The number of rotatable bonds is 11. The van der Waals surface area contributed by atoms with Gasteiger partial charge in [-0.25, -0.2) is 27.2 Å². The highest BCUT2D eigenvalue weighted by Gasteiger charge is 2.32. The fraction of sp³-hybridized carbons (Fsp3) is 0.650. The zero-order valence-corrected chi connectivity index (χ0v) is 30.3. The number of carbonyl (C=O) groups is 2. The molecule has 0 radical (unpaired) electrons. The van der Waals surface area contributed by atoms with Crippen molar-refractivity contribution < 1.29 is 27.2 Å². The van der Waals surface area contributed by atoms with Gasteiger partial charge in [-0.1, -0.05) is 31.7 Å². The number of hydrogen-bond donors (Lipinski definition) is 4. The van der Waals surface area contributed by atoms with Crippen LogP contribution in [0.3, 0.4) is 0 Å². The van der Waals surface area contributed by atoms with Crippen LogP contribution in [-0.2, 0) is 13.1 Å². The first kappa shape index (κ1) is 38.3. The van der Waals surface area contributed by atoms with E-state index >= 15 is 8.78 Å². The number of nitrogens with zero attached hydrogens (tertiary/aromatic N) is 2. The summed E-state index contributed by atoms with van der Waals surface area (Å²) in [5.41, 5.74) is 0.424. The first-order valence-electron chi connectivity index (χ1n) is 19.7. The zero-order chi connectivity index (χ0) is 36.5. The van der Waals surface area contributed by atoms with E-state index in [0.717, 1.165) is 109 Å². The quantitative estimate of drug-likeness (QED) is 0.183. The second-order valence-electron chi connectivity index (χ2n) is 15.6. The van der Waals surface area contributed by atoms with Crippen LogP contribution in [0.15, 0.2) is 30.3 Å². The third-order valence-electron chi connectivity index (χ3n) is 11.8. The van der Waals surface area contributed by atoms with Gasteiger partial charge in [-0.3, -0.25) is 0 Å². The first-order chi connectivity index (χ1) is 25.2. The maximum absolute atomic E-state index is 16.5. The summed E-state index contributed by atoms with van der Waals surface area (Å²) < 4.78 is 60.7.